The number of rotatable bonds is 3. The molecule has 14 heavy (non-hydrogen) atoms. The van der Waals surface area contributed by atoms with Gasteiger partial charge in [-0.2, -0.15) is 5.10 Å². The zero-order valence-electron chi connectivity index (χ0n) is 8.08. The van der Waals surface area contributed by atoms with E-state index in [1.165, 1.54) is 0 Å². The van der Waals surface area contributed by atoms with Gasteiger partial charge in [-0.25, -0.2) is 0 Å². The average molecular weight is 194 g/mol. The highest BCUT2D eigenvalue weighted by atomic mass is 16.2. The molecule has 0 aromatic carbocycles. The lowest BCUT2D eigenvalue weighted by molar-refractivity contribution is 0.0944. The Morgan fingerprint density at radius 3 is 3.14 bits per heavy atom. The quantitative estimate of drug-likeness (QED) is 0.656. The van der Waals surface area contributed by atoms with E-state index in [-0.39, 0.29) is 5.91 Å². The maximum atomic E-state index is 11.5. The van der Waals surface area contributed by atoms with E-state index in [2.05, 4.69) is 22.4 Å². The van der Waals surface area contributed by atoms with Crippen LogP contribution in [0.3, 0.4) is 0 Å². The molecule has 0 bridgehead atoms. The number of carbonyl (C=O) groups excluding carboxylic acids is 1. The molecule has 2 unspecified atom stereocenters. The molecule has 1 aliphatic carbocycles. The van der Waals surface area contributed by atoms with Crippen molar-refractivity contribution in [2.75, 3.05) is 5.73 Å². The number of aromatic nitrogens is 2. The smallest absolute Gasteiger partial charge is 0.269 e. The van der Waals surface area contributed by atoms with Gasteiger partial charge in [0.1, 0.15) is 11.5 Å². The number of nitrogens with one attached hydrogen (secondary N) is 2. The summed E-state index contributed by atoms with van der Waals surface area (Å²) >= 11 is 0. The van der Waals surface area contributed by atoms with Gasteiger partial charge in [0.25, 0.3) is 5.91 Å². The van der Waals surface area contributed by atoms with Gasteiger partial charge in [-0.3, -0.25) is 9.89 Å². The Labute approximate surface area is 82.1 Å². The van der Waals surface area contributed by atoms with E-state index in [1.807, 2.05) is 0 Å². The molecule has 1 fully saturated rings. The second-order valence-electron chi connectivity index (χ2n) is 3.69. The van der Waals surface area contributed by atoms with Gasteiger partial charge in [0.15, 0.2) is 0 Å². The number of anilines is 1. The van der Waals surface area contributed by atoms with E-state index in [1.54, 1.807) is 6.07 Å². The Morgan fingerprint density at radius 2 is 2.64 bits per heavy atom. The molecule has 5 heteroatoms. The van der Waals surface area contributed by atoms with Crippen LogP contribution < -0.4 is 11.1 Å². The van der Waals surface area contributed by atoms with Gasteiger partial charge in [0, 0.05) is 12.1 Å². The lowest BCUT2D eigenvalue weighted by Gasteiger charge is -2.00. The molecule has 0 saturated heterocycles. The van der Waals surface area contributed by atoms with Gasteiger partial charge in [0.05, 0.1) is 0 Å². The molecular weight excluding hydrogens is 180 g/mol. The summed E-state index contributed by atoms with van der Waals surface area (Å²) < 4.78 is 0. The molecule has 1 aliphatic rings. The van der Waals surface area contributed by atoms with E-state index >= 15 is 0 Å². The number of hydrogen-bond donors (Lipinski definition) is 3. The van der Waals surface area contributed by atoms with Crippen molar-refractivity contribution in [2.45, 2.75) is 25.8 Å². The molecule has 4 N–H and O–H groups in total. The summed E-state index contributed by atoms with van der Waals surface area (Å²) in [6, 6.07) is 1.88. The van der Waals surface area contributed by atoms with Gasteiger partial charge in [-0.1, -0.05) is 13.3 Å². The largest absolute Gasteiger partial charge is 0.382 e. The van der Waals surface area contributed by atoms with Crippen LogP contribution in [0.25, 0.3) is 0 Å². The molecule has 2 rings (SSSR count). The molecule has 0 radical (unpaired) electrons. The van der Waals surface area contributed by atoms with E-state index in [0.717, 1.165) is 12.8 Å². The number of nitrogens with zero attached hydrogens (tertiary/aromatic N) is 1. The molecule has 1 aromatic heterocycles. The van der Waals surface area contributed by atoms with Crippen LogP contribution in [-0.4, -0.2) is 22.1 Å². The number of nitrogens with two attached hydrogens (primary N) is 1. The molecule has 1 amide bonds. The standard InChI is InChI=1S/C9H14N4O/c1-2-5-3-6(5)11-9(14)7-4-8(10)13-12-7/h4-6H,2-3H2,1H3,(H,11,14)(H3,10,12,13). The molecule has 0 spiro atoms. The van der Waals surface area contributed by atoms with Crippen LogP contribution >= 0.6 is 0 Å². The van der Waals surface area contributed by atoms with Crippen LogP contribution in [0.15, 0.2) is 6.07 Å². The molecule has 76 valence electrons. The number of amides is 1. The normalized spacial score (nSPS) is 24.6. The number of nitrogen functional groups attached to an aromatic ring is 1. The fourth-order valence-corrected chi connectivity index (χ4v) is 1.58. The van der Waals surface area contributed by atoms with Gasteiger partial charge in [-0.05, 0) is 12.3 Å². The molecule has 1 heterocycles. The summed E-state index contributed by atoms with van der Waals surface area (Å²) in [6.45, 7) is 2.13. The maximum Gasteiger partial charge on any atom is 0.269 e. The molecule has 1 aromatic rings. The van der Waals surface area contributed by atoms with Gasteiger partial charge >= 0.3 is 0 Å². The lowest BCUT2D eigenvalue weighted by Crippen LogP contribution is -2.27. The minimum absolute atomic E-state index is 0.116. The van der Waals surface area contributed by atoms with Crippen molar-refractivity contribution in [1.29, 1.82) is 0 Å². The highest BCUT2D eigenvalue weighted by Crippen LogP contribution is 2.33. The van der Waals surface area contributed by atoms with Crippen LogP contribution in [-0.2, 0) is 0 Å². The third-order valence-corrected chi connectivity index (χ3v) is 2.61. The predicted octanol–water partition coefficient (Wildman–Crippen LogP) is 0.520. The van der Waals surface area contributed by atoms with Crippen LogP contribution in [0.1, 0.15) is 30.3 Å². The fourth-order valence-electron chi connectivity index (χ4n) is 1.58. The highest BCUT2D eigenvalue weighted by molar-refractivity contribution is 5.93. The fraction of sp³-hybridized carbons (Fsp3) is 0.556. The monoisotopic (exact) mass is 194 g/mol. The van der Waals surface area contributed by atoms with Crippen molar-refractivity contribution >= 4 is 11.7 Å². The Bertz CT molecular complexity index is 346. The third-order valence-electron chi connectivity index (χ3n) is 2.61. The second-order valence-corrected chi connectivity index (χ2v) is 3.69. The van der Waals surface area contributed by atoms with Crippen LogP contribution in [0.5, 0.6) is 0 Å². The van der Waals surface area contributed by atoms with E-state index in [9.17, 15) is 4.79 Å². The second kappa shape index (κ2) is 3.32. The van der Waals surface area contributed by atoms with Crippen LogP contribution in [0, 0.1) is 5.92 Å². The van der Waals surface area contributed by atoms with Crippen LogP contribution in [0.2, 0.25) is 0 Å². The number of carbonyl (C=O) groups is 1. The van der Waals surface area contributed by atoms with Crippen LogP contribution in [0.4, 0.5) is 5.82 Å². The van der Waals surface area contributed by atoms with Crippen molar-refractivity contribution < 1.29 is 4.79 Å². The van der Waals surface area contributed by atoms with Crippen molar-refractivity contribution in [2.24, 2.45) is 5.92 Å². The van der Waals surface area contributed by atoms with E-state index in [0.29, 0.717) is 23.5 Å². The SMILES string of the molecule is CCC1CC1NC(=O)c1cc(N)n[nH]1. The predicted molar refractivity (Wildman–Crippen MR) is 52.7 cm³/mol. The molecule has 2 atom stereocenters. The molecule has 0 aliphatic heterocycles. The summed E-state index contributed by atoms with van der Waals surface area (Å²) in [6.07, 6.45) is 2.21. The Morgan fingerprint density at radius 1 is 1.86 bits per heavy atom. The first kappa shape index (κ1) is 9.05. The molecule has 1 saturated carbocycles. The first-order chi connectivity index (χ1) is 6.70. The first-order valence-corrected chi connectivity index (χ1v) is 4.82. The topological polar surface area (TPSA) is 83.8 Å². The van der Waals surface area contributed by atoms with E-state index in [4.69, 9.17) is 5.73 Å². The average Bonchev–Trinajstić information content (AvgIpc) is 2.77. The van der Waals surface area contributed by atoms with Crippen molar-refractivity contribution in [3.05, 3.63) is 11.8 Å². The zero-order valence-corrected chi connectivity index (χ0v) is 8.08. The van der Waals surface area contributed by atoms with Crippen molar-refractivity contribution in [3.8, 4) is 0 Å². The number of hydrogen-bond acceptors (Lipinski definition) is 3. The molecular formula is C9H14N4O. The number of aromatic amines is 1. The first-order valence-electron chi connectivity index (χ1n) is 4.82. The third kappa shape index (κ3) is 1.71. The van der Waals surface area contributed by atoms with Crippen molar-refractivity contribution in [3.63, 3.8) is 0 Å². The summed E-state index contributed by atoms with van der Waals surface area (Å²) in [7, 11) is 0. The summed E-state index contributed by atoms with van der Waals surface area (Å²) in [5.41, 5.74) is 5.83. The van der Waals surface area contributed by atoms with Gasteiger partial charge in [-0.15, -0.1) is 0 Å². The van der Waals surface area contributed by atoms with Crippen molar-refractivity contribution in [1.82, 2.24) is 15.5 Å². The van der Waals surface area contributed by atoms with Gasteiger partial charge in [0.2, 0.25) is 0 Å². The minimum Gasteiger partial charge on any atom is -0.382 e. The Balaban J connectivity index is 1.91. The van der Waals surface area contributed by atoms with Gasteiger partial charge < -0.3 is 11.1 Å². The maximum absolute atomic E-state index is 11.5. The Hall–Kier alpha value is -1.52. The zero-order chi connectivity index (χ0) is 10.1. The van der Waals surface area contributed by atoms with E-state index < -0.39 is 0 Å². The summed E-state index contributed by atoms with van der Waals surface area (Å²) in [5, 5.41) is 9.20. The minimum atomic E-state index is -0.116. The summed E-state index contributed by atoms with van der Waals surface area (Å²) in [4.78, 5) is 11.5. The molecule has 5 nitrogen and oxygen atoms in total. The number of H-pyrrole nitrogens is 1. The Kier molecular flexibility index (Phi) is 2.15. The highest BCUT2D eigenvalue weighted by Gasteiger charge is 2.36. The summed E-state index contributed by atoms with van der Waals surface area (Å²) in [5.74, 6) is 0.882. The lowest BCUT2D eigenvalue weighted by atomic mass is 10.3.